The number of hydrogen-bond donors (Lipinski definition) is 2. The smallest absolute Gasteiger partial charge is 0.354 e. The van der Waals surface area contributed by atoms with Crippen LogP contribution in [0.25, 0.3) is 0 Å². The number of anilines is 4. The molecule has 0 saturated heterocycles. The van der Waals surface area contributed by atoms with Crippen LogP contribution in [0.1, 0.15) is 34.0 Å². The molecule has 2 N–H and O–H groups in total. The second-order valence-corrected chi connectivity index (χ2v) is 8.03. The summed E-state index contributed by atoms with van der Waals surface area (Å²) in [6, 6.07) is 8.85. The average Bonchev–Trinajstić information content (AvgIpc) is 2.83. The predicted octanol–water partition coefficient (Wildman–Crippen LogP) is 5.06. The number of benzene rings is 2. The van der Waals surface area contributed by atoms with E-state index in [0.717, 1.165) is 23.3 Å². The summed E-state index contributed by atoms with van der Waals surface area (Å²) in [5.41, 5.74) is 1.37. The number of alkyl halides is 3. The number of aryl methyl sites for hydroxylation is 1. The highest BCUT2D eigenvalue weighted by atomic mass is 19.4. The van der Waals surface area contributed by atoms with Crippen LogP contribution in [-0.2, 0) is 12.7 Å². The molecule has 0 aliphatic carbocycles. The Hall–Kier alpha value is -4.15. The first-order valence-corrected chi connectivity index (χ1v) is 10.8. The monoisotopic (exact) mass is 484 g/mol. The van der Waals surface area contributed by atoms with Gasteiger partial charge in [0.2, 0.25) is 5.95 Å². The first kappa shape index (κ1) is 24.0. The summed E-state index contributed by atoms with van der Waals surface area (Å²) in [6.45, 7) is 4.60. The van der Waals surface area contributed by atoms with E-state index >= 15 is 0 Å². The van der Waals surface area contributed by atoms with E-state index in [1.165, 1.54) is 21.9 Å². The minimum atomic E-state index is -4.55. The molecule has 1 aliphatic rings. The summed E-state index contributed by atoms with van der Waals surface area (Å²) in [5.74, 6) is 0.237. The lowest BCUT2D eigenvalue weighted by Gasteiger charge is -2.35. The molecular formula is C24H23F3N6O2. The van der Waals surface area contributed by atoms with Gasteiger partial charge in [0.05, 0.1) is 17.8 Å². The molecule has 0 bridgehead atoms. The van der Waals surface area contributed by atoms with Crippen molar-refractivity contribution >= 4 is 35.1 Å². The number of carbonyl (C=O) groups excluding carboxylic acids is 2. The van der Waals surface area contributed by atoms with E-state index in [4.69, 9.17) is 0 Å². The fourth-order valence-electron chi connectivity index (χ4n) is 3.76. The van der Waals surface area contributed by atoms with Crippen LogP contribution in [0.3, 0.4) is 0 Å². The quantitative estimate of drug-likeness (QED) is 0.528. The third kappa shape index (κ3) is 4.88. The second-order valence-electron chi connectivity index (χ2n) is 8.03. The standard InChI is InChI=1S/C24H23F3N6O2/c1-4-28-22-29-12-16-13-33(23(35)32(3)20(16)31-22)19-11-18(9-8-14(19)2)30-21(34)15-6-5-7-17(10-15)24(25,26)27/h5-12H,4,13H2,1-3H3,(H,30,34)(H,28,29,31). The van der Waals surface area contributed by atoms with E-state index in [-0.39, 0.29) is 18.1 Å². The molecule has 1 aliphatic heterocycles. The largest absolute Gasteiger partial charge is 0.416 e. The average molecular weight is 484 g/mol. The molecule has 35 heavy (non-hydrogen) atoms. The van der Waals surface area contributed by atoms with Crippen LogP contribution in [0.5, 0.6) is 0 Å². The molecule has 8 nitrogen and oxygen atoms in total. The zero-order valence-electron chi connectivity index (χ0n) is 19.3. The molecule has 0 radical (unpaired) electrons. The number of rotatable bonds is 5. The first-order valence-electron chi connectivity index (χ1n) is 10.8. The highest BCUT2D eigenvalue weighted by Crippen LogP contribution is 2.33. The Morgan fingerprint density at radius 3 is 2.66 bits per heavy atom. The third-order valence-electron chi connectivity index (χ3n) is 5.55. The van der Waals surface area contributed by atoms with Gasteiger partial charge in [-0.1, -0.05) is 12.1 Å². The minimum Gasteiger partial charge on any atom is -0.354 e. The molecule has 182 valence electrons. The molecule has 0 spiro atoms. The van der Waals surface area contributed by atoms with Gasteiger partial charge in [-0.25, -0.2) is 9.78 Å². The molecule has 1 aromatic heterocycles. The van der Waals surface area contributed by atoms with Crippen molar-refractivity contribution in [2.24, 2.45) is 0 Å². The van der Waals surface area contributed by atoms with E-state index in [9.17, 15) is 22.8 Å². The van der Waals surface area contributed by atoms with E-state index < -0.39 is 17.6 Å². The maximum absolute atomic E-state index is 13.2. The van der Waals surface area contributed by atoms with Crippen molar-refractivity contribution in [3.05, 3.63) is 70.9 Å². The van der Waals surface area contributed by atoms with Crippen molar-refractivity contribution < 1.29 is 22.8 Å². The Bertz CT molecular complexity index is 1290. The van der Waals surface area contributed by atoms with Crippen molar-refractivity contribution in [1.29, 1.82) is 0 Å². The molecule has 0 unspecified atom stereocenters. The Balaban J connectivity index is 1.60. The molecule has 3 aromatic rings. The number of halogens is 3. The molecule has 4 rings (SSSR count). The Morgan fingerprint density at radius 2 is 1.94 bits per heavy atom. The van der Waals surface area contributed by atoms with Gasteiger partial charge in [0.25, 0.3) is 5.91 Å². The lowest BCUT2D eigenvalue weighted by Crippen LogP contribution is -2.46. The number of nitrogens with one attached hydrogen (secondary N) is 2. The van der Waals surface area contributed by atoms with Crippen molar-refractivity contribution in [1.82, 2.24) is 9.97 Å². The molecule has 2 aromatic carbocycles. The Kier molecular flexibility index (Phi) is 6.33. The number of amides is 3. The van der Waals surface area contributed by atoms with Crippen molar-refractivity contribution in [2.45, 2.75) is 26.6 Å². The summed E-state index contributed by atoms with van der Waals surface area (Å²) in [5, 5.41) is 5.64. The predicted molar refractivity (Wildman–Crippen MR) is 127 cm³/mol. The van der Waals surface area contributed by atoms with Gasteiger partial charge in [-0.2, -0.15) is 18.2 Å². The number of carbonyl (C=O) groups is 2. The molecule has 11 heteroatoms. The van der Waals surface area contributed by atoms with Crippen molar-refractivity contribution in [3.8, 4) is 0 Å². The third-order valence-corrected chi connectivity index (χ3v) is 5.55. The summed E-state index contributed by atoms with van der Waals surface area (Å²) >= 11 is 0. The summed E-state index contributed by atoms with van der Waals surface area (Å²) in [7, 11) is 1.62. The highest BCUT2D eigenvalue weighted by molar-refractivity contribution is 6.07. The van der Waals surface area contributed by atoms with Crippen LogP contribution >= 0.6 is 0 Å². The van der Waals surface area contributed by atoms with E-state index in [1.807, 2.05) is 13.8 Å². The van der Waals surface area contributed by atoms with Gasteiger partial charge in [-0.3, -0.25) is 14.6 Å². The topological polar surface area (TPSA) is 90.5 Å². The van der Waals surface area contributed by atoms with Gasteiger partial charge in [-0.05, 0) is 49.7 Å². The van der Waals surface area contributed by atoms with Gasteiger partial charge in [0.15, 0.2) is 0 Å². The number of hydrogen-bond acceptors (Lipinski definition) is 5. The van der Waals surface area contributed by atoms with Gasteiger partial charge in [0, 0.05) is 36.6 Å². The molecule has 0 saturated carbocycles. The number of nitrogens with zero attached hydrogens (tertiary/aromatic N) is 4. The van der Waals surface area contributed by atoms with Gasteiger partial charge in [-0.15, -0.1) is 0 Å². The number of urea groups is 1. The summed E-state index contributed by atoms with van der Waals surface area (Å²) in [6.07, 6.45) is -2.90. The lowest BCUT2D eigenvalue weighted by molar-refractivity contribution is -0.137. The summed E-state index contributed by atoms with van der Waals surface area (Å²) < 4.78 is 39.0. The molecule has 0 atom stereocenters. The molecule has 2 heterocycles. The van der Waals surface area contributed by atoms with Crippen molar-refractivity contribution in [3.63, 3.8) is 0 Å². The van der Waals surface area contributed by atoms with Crippen LogP contribution in [0.15, 0.2) is 48.7 Å². The van der Waals surface area contributed by atoms with Crippen LogP contribution in [-0.4, -0.2) is 35.5 Å². The van der Waals surface area contributed by atoms with E-state index in [1.54, 1.807) is 31.4 Å². The highest BCUT2D eigenvalue weighted by Gasteiger charge is 2.32. The molecule has 0 fully saturated rings. The Morgan fingerprint density at radius 1 is 1.17 bits per heavy atom. The van der Waals surface area contributed by atoms with Crippen molar-refractivity contribution in [2.75, 3.05) is 34.0 Å². The maximum Gasteiger partial charge on any atom is 0.416 e. The Labute approximate surface area is 199 Å². The van der Waals surface area contributed by atoms with Crippen LogP contribution in [0, 0.1) is 6.92 Å². The zero-order valence-corrected chi connectivity index (χ0v) is 19.3. The summed E-state index contributed by atoms with van der Waals surface area (Å²) in [4.78, 5) is 37.5. The normalized spacial score (nSPS) is 13.5. The first-order chi connectivity index (χ1) is 16.6. The van der Waals surface area contributed by atoms with Crippen LogP contribution in [0.4, 0.5) is 41.1 Å². The van der Waals surface area contributed by atoms with E-state index in [0.29, 0.717) is 29.7 Å². The molecule has 3 amide bonds. The number of aromatic nitrogens is 2. The second kappa shape index (κ2) is 9.24. The van der Waals surface area contributed by atoms with Crippen LogP contribution < -0.4 is 20.4 Å². The zero-order chi connectivity index (χ0) is 25.3. The fraction of sp³-hybridized carbons (Fsp3) is 0.250. The van der Waals surface area contributed by atoms with Gasteiger partial charge >= 0.3 is 12.2 Å². The fourth-order valence-corrected chi connectivity index (χ4v) is 3.76. The van der Waals surface area contributed by atoms with Gasteiger partial charge < -0.3 is 10.6 Å². The lowest BCUT2D eigenvalue weighted by atomic mass is 10.1. The van der Waals surface area contributed by atoms with Crippen LogP contribution in [0.2, 0.25) is 0 Å². The molecular weight excluding hydrogens is 461 g/mol. The number of fused-ring (bicyclic) bond motifs is 1. The van der Waals surface area contributed by atoms with Gasteiger partial charge in [0.1, 0.15) is 5.82 Å². The maximum atomic E-state index is 13.2. The minimum absolute atomic E-state index is 0.127. The van der Waals surface area contributed by atoms with E-state index in [2.05, 4.69) is 20.6 Å². The SMILES string of the molecule is CCNc1ncc2c(n1)N(C)C(=O)N(c1cc(NC(=O)c3cccc(C(F)(F)F)c3)ccc1C)C2.